The van der Waals surface area contributed by atoms with E-state index >= 15 is 0 Å². The van der Waals surface area contributed by atoms with E-state index in [0.29, 0.717) is 18.4 Å². The average Bonchev–Trinajstić information content (AvgIpc) is 2.35. The fraction of sp³-hybridized carbons (Fsp3) is 0.364. The molecule has 0 N–H and O–H groups in total. The van der Waals surface area contributed by atoms with Gasteiger partial charge in [0.15, 0.2) is 17.4 Å². The number of halogens is 2. The molecule has 0 fully saturated rings. The highest BCUT2D eigenvalue weighted by Crippen LogP contribution is 2.24. The van der Waals surface area contributed by atoms with Crippen molar-refractivity contribution in [3.63, 3.8) is 0 Å². The summed E-state index contributed by atoms with van der Waals surface area (Å²) in [6.07, 6.45) is 2.41. The number of carbonyl (C=O) groups excluding carboxylic acids is 1. The zero-order chi connectivity index (χ0) is 10.1. The first-order chi connectivity index (χ1) is 6.70. The maximum atomic E-state index is 13.3. The molecule has 1 aliphatic rings. The second-order valence-corrected chi connectivity index (χ2v) is 3.52. The Morgan fingerprint density at radius 3 is 2.57 bits per heavy atom. The van der Waals surface area contributed by atoms with E-state index in [4.69, 9.17) is 0 Å². The van der Waals surface area contributed by atoms with Gasteiger partial charge >= 0.3 is 0 Å². The highest BCUT2D eigenvalue weighted by atomic mass is 19.2. The van der Waals surface area contributed by atoms with Crippen LogP contribution in [0.15, 0.2) is 12.1 Å². The van der Waals surface area contributed by atoms with E-state index in [-0.39, 0.29) is 11.3 Å². The Bertz CT molecular complexity index is 385. The highest BCUT2D eigenvalue weighted by Gasteiger charge is 2.20. The summed E-state index contributed by atoms with van der Waals surface area (Å²) in [6, 6.07) is 2.42. The fourth-order valence-electron chi connectivity index (χ4n) is 1.82. The van der Waals surface area contributed by atoms with E-state index in [1.165, 1.54) is 6.07 Å². The van der Waals surface area contributed by atoms with Gasteiger partial charge in [-0.15, -0.1) is 0 Å². The third-order valence-corrected chi connectivity index (χ3v) is 2.58. The summed E-state index contributed by atoms with van der Waals surface area (Å²) in [5.41, 5.74) is 0.619. The molecular formula is C11H10F2O. The van der Waals surface area contributed by atoms with Crippen molar-refractivity contribution in [3.05, 3.63) is 34.9 Å². The molecule has 0 amide bonds. The van der Waals surface area contributed by atoms with Crippen molar-refractivity contribution in [1.82, 2.24) is 0 Å². The number of hydrogen-bond donors (Lipinski definition) is 0. The molecule has 2 rings (SSSR count). The highest BCUT2D eigenvalue weighted by molar-refractivity contribution is 5.97. The van der Waals surface area contributed by atoms with Gasteiger partial charge in [-0.3, -0.25) is 4.79 Å². The molecule has 0 aromatic heterocycles. The molecule has 3 heteroatoms. The van der Waals surface area contributed by atoms with Crippen molar-refractivity contribution < 1.29 is 13.6 Å². The monoisotopic (exact) mass is 196 g/mol. The molecule has 0 spiro atoms. The number of benzene rings is 1. The summed E-state index contributed by atoms with van der Waals surface area (Å²) >= 11 is 0. The lowest BCUT2D eigenvalue weighted by Gasteiger charge is -2.05. The van der Waals surface area contributed by atoms with Gasteiger partial charge in [0.2, 0.25) is 0 Å². The normalized spacial score (nSPS) is 16.3. The van der Waals surface area contributed by atoms with Crippen LogP contribution in [0.25, 0.3) is 0 Å². The van der Waals surface area contributed by atoms with Crippen LogP contribution in [0.4, 0.5) is 8.78 Å². The minimum atomic E-state index is -0.863. The van der Waals surface area contributed by atoms with Crippen molar-refractivity contribution >= 4 is 5.78 Å². The van der Waals surface area contributed by atoms with Gasteiger partial charge in [-0.05, 0) is 31.4 Å². The van der Waals surface area contributed by atoms with Gasteiger partial charge in [-0.25, -0.2) is 8.78 Å². The quantitative estimate of drug-likeness (QED) is 0.583. The average molecular weight is 196 g/mol. The molecule has 14 heavy (non-hydrogen) atoms. The van der Waals surface area contributed by atoms with Crippen molar-refractivity contribution in [1.29, 1.82) is 0 Å². The maximum Gasteiger partial charge on any atom is 0.163 e. The summed E-state index contributed by atoms with van der Waals surface area (Å²) in [5, 5.41) is 0. The van der Waals surface area contributed by atoms with E-state index in [0.717, 1.165) is 18.9 Å². The molecule has 0 radical (unpaired) electrons. The van der Waals surface area contributed by atoms with Gasteiger partial charge < -0.3 is 0 Å². The number of ketones is 1. The molecule has 0 atom stereocenters. The smallest absolute Gasteiger partial charge is 0.163 e. The Morgan fingerprint density at radius 2 is 1.79 bits per heavy atom. The largest absolute Gasteiger partial charge is 0.294 e. The van der Waals surface area contributed by atoms with Crippen LogP contribution in [-0.4, -0.2) is 5.78 Å². The molecule has 0 heterocycles. The van der Waals surface area contributed by atoms with Crippen LogP contribution in [0.1, 0.15) is 35.2 Å². The van der Waals surface area contributed by atoms with Crippen LogP contribution in [0, 0.1) is 11.6 Å². The van der Waals surface area contributed by atoms with E-state index in [1.54, 1.807) is 0 Å². The predicted octanol–water partition coefficient (Wildman–Crippen LogP) is 2.87. The second-order valence-electron chi connectivity index (χ2n) is 3.52. The summed E-state index contributed by atoms with van der Waals surface area (Å²) in [7, 11) is 0. The first-order valence-electron chi connectivity index (χ1n) is 4.70. The van der Waals surface area contributed by atoms with E-state index in [2.05, 4.69) is 0 Å². The Morgan fingerprint density at radius 1 is 1.07 bits per heavy atom. The summed E-state index contributed by atoms with van der Waals surface area (Å²) in [4.78, 5) is 11.5. The Balaban J connectivity index is 2.58. The van der Waals surface area contributed by atoms with Crippen LogP contribution in [0.2, 0.25) is 0 Å². The first kappa shape index (κ1) is 9.31. The minimum Gasteiger partial charge on any atom is -0.294 e. The number of carbonyl (C=O) groups is 1. The van der Waals surface area contributed by atoms with Crippen LogP contribution in [0.5, 0.6) is 0 Å². The maximum absolute atomic E-state index is 13.3. The van der Waals surface area contributed by atoms with Crippen LogP contribution in [0.3, 0.4) is 0 Å². The lowest BCUT2D eigenvalue weighted by atomic mass is 10.0. The topological polar surface area (TPSA) is 17.1 Å². The third-order valence-electron chi connectivity index (χ3n) is 2.58. The second kappa shape index (κ2) is 3.48. The minimum absolute atomic E-state index is 0.0728. The summed E-state index contributed by atoms with van der Waals surface area (Å²) in [6.45, 7) is 0. The number of fused-ring (bicyclic) bond motifs is 1. The number of rotatable bonds is 0. The standard InChI is InChI=1S/C11H10F2O/c12-9-6-5-7-8(11(9)13)3-1-2-4-10(7)14/h5-6H,1-4H2. The summed E-state index contributed by atoms with van der Waals surface area (Å²) < 4.78 is 26.2. The van der Waals surface area contributed by atoms with Crippen molar-refractivity contribution in [2.24, 2.45) is 0 Å². The molecule has 1 aliphatic carbocycles. The molecule has 1 nitrogen and oxygen atoms in total. The molecule has 0 unspecified atom stereocenters. The van der Waals surface area contributed by atoms with Gasteiger partial charge in [0.25, 0.3) is 0 Å². The predicted molar refractivity (Wildman–Crippen MR) is 48.2 cm³/mol. The lowest BCUT2D eigenvalue weighted by molar-refractivity contribution is 0.0981. The number of hydrogen-bond acceptors (Lipinski definition) is 1. The van der Waals surface area contributed by atoms with Gasteiger partial charge in [-0.1, -0.05) is 0 Å². The first-order valence-corrected chi connectivity index (χ1v) is 4.70. The lowest BCUT2D eigenvalue weighted by Crippen LogP contribution is -2.04. The van der Waals surface area contributed by atoms with Gasteiger partial charge in [0.05, 0.1) is 0 Å². The fourth-order valence-corrected chi connectivity index (χ4v) is 1.82. The zero-order valence-electron chi connectivity index (χ0n) is 7.65. The van der Waals surface area contributed by atoms with Crippen molar-refractivity contribution in [2.75, 3.05) is 0 Å². The molecule has 0 saturated heterocycles. The molecular weight excluding hydrogens is 186 g/mol. The molecule has 1 aromatic carbocycles. The van der Waals surface area contributed by atoms with Crippen LogP contribution in [-0.2, 0) is 6.42 Å². The Labute approximate surface area is 80.7 Å². The molecule has 1 aromatic rings. The Hall–Kier alpha value is -1.25. The van der Waals surface area contributed by atoms with Gasteiger partial charge in [0.1, 0.15) is 0 Å². The van der Waals surface area contributed by atoms with Gasteiger partial charge in [0, 0.05) is 17.5 Å². The SMILES string of the molecule is O=C1CCCCc2c1ccc(F)c2F. The van der Waals surface area contributed by atoms with Crippen molar-refractivity contribution in [3.8, 4) is 0 Å². The zero-order valence-corrected chi connectivity index (χ0v) is 7.65. The molecule has 74 valence electrons. The molecule has 0 bridgehead atoms. The molecule has 0 saturated carbocycles. The molecule has 0 aliphatic heterocycles. The van der Waals surface area contributed by atoms with Crippen molar-refractivity contribution in [2.45, 2.75) is 25.7 Å². The van der Waals surface area contributed by atoms with Crippen LogP contribution < -0.4 is 0 Å². The third kappa shape index (κ3) is 1.43. The van der Waals surface area contributed by atoms with E-state index < -0.39 is 11.6 Å². The van der Waals surface area contributed by atoms with E-state index in [1.807, 2.05) is 0 Å². The van der Waals surface area contributed by atoms with E-state index in [9.17, 15) is 13.6 Å². The van der Waals surface area contributed by atoms with Crippen LogP contribution >= 0.6 is 0 Å². The van der Waals surface area contributed by atoms with Gasteiger partial charge in [-0.2, -0.15) is 0 Å². The Kier molecular flexibility index (Phi) is 2.32. The summed E-state index contributed by atoms with van der Waals surface area (Å²) in [5.74, 6) is -1.78. The number of Topliss-reactive ketones (excluding diaryl/α,β-unsaturated/α-hetero) is 1.